The van der Waals surface area contributed by atoms with Crippen molar-refractivity contribution in [3.05, 3.63) is 95.0 Å². The number of carbonyl (C=O) groups excluding carboxylic acids is 2. The van der Waals surface area contributed by atoms with Crippen LogP contribution in [-0.4, -0.2) is 57.6 Å². The van der Waals surface area contributed by atoms with Gasteiger partial charge in [-0.2, -0.15) is 0 Å². The standard InChI is InChI=1S/C28H32ClN3O5S/c1-4-30-28(34)26(18-21-9-6-5-7-10-21)31(19-22-11-8-12-23(29)17-22)27(33)20-32(38(3,35)36)24-13-15-25(37-2)16-14-24/h5-17,26H,4,18-20H2,1-3H3,(H,30,34)/t26-/m0/s1. The zero-order chi connectivity index (χ0) is 27.7. The molecule has 10 heteroatoms. The van der Waals surface area contributed by atoms with E-state index < -0.39 is 28.5 Å². The normalized spacial score (nSPS) is 11.9. The maximum atomic E-state index is 13.9. The summed E-state index contributed by atoms with van der Waals surface area (Å²) in [4.78, 5) is 28.6. The second-order valence-electron chi connectivity index (χ2n) is 8.72. The first-order valence-corrected chi connectivity index (χ1v) is 14.3. The number of amides is 2. The molecule has 0 bridgehead atoms. The van der Waals surface area contributed by atoms with Gasteiger partial charge in [-0.3, -0.25) is 13.9 Å². The number of rotatable bonds is 12. The van der Waals surface area contributed by atoms with E-state index in [1.807, 2.05) is 30.3 Å². The van der Waals surface area contributed by atoms with E-state index in [4.69, 9.17) is 16.3 Å². The van der Waals surface area contributed by atoms with Crippen molar-refractivity contribution in [2.45, 2.75) is 25.9 Å². The third-order valence-corrected chi connectivity index (χ3v) is 7.28. The highest BCUT2D eigenvalue weighted by molar-refractivity contribution is 7.92. The van der Waals surface area contributed by atoms with E-state index in [0.717, 1.165) is 16.1 Å². The van der Waals surface area contributed by atoms with E-state index in [0.29, 0.717) is 28.6 Å². The highest BCUT2D eigenvalue weighted by atomic mass is 35.5. The lowest BCUT2D eigenvalue weighted by Gasteiger charge is -2.33. The van der Waals surface area contributed by atoms with E-state index in [2.05, 4.69) is 5.32 Å². The highest BCUT2D eigenvalue weighted by Crippen LogP contribution is 2.23. The van der Waals surface area contributed by atoms with Crippen LogP contribution in [0.4, 0.5) is 5.69 Å². The molecule has 0 aromatic heterocycles. The molecule has 0 saturated heterocycles. The number of anilines is 1. The zero-order valence-corrected chi connectivity index (χ0v) is 23.2. The Hall–Kier alpha value is -3.56. The number of benzene rings is 3. The van der Waals surface area contributed by atoms with Crippen LogP contribution in [0.1, 0.15) is 18.1 Å². The smallest absolute Gasteiger partial charge is 0.244 e. The fourth-order valence-corrected chi connectivity index (χ4v) is 5.10. The molecule has 3 rings (SSSR count). The number of likely N-dealkylation sites (N-methyl/N-ethyl adjacent to an activating group) is 1. The van der Waals surface area contributed by atoms with E-state index in [9.17, 15) is 18.0 Å². The molecule has 3 aromatic carbocycles. The summed E-state index contributed by atoms with van der Waals surface area (Å²) in [5.74, 6) is -0.309. The van der Waals surface area contributed by atoms with Crippen LogP contribution < -0.4 is 14.4 Å². The van der Waals surface area contributed by atoms with Crippen molar-refractivity contribution in [1.82, 2.24) is 10.2 Å². The van der Waals surface area contributed by atoms with Gasteiger partial charge in [-0.15, -0.1) is 0 Å². The molecule has 0 fully saturated rings. The summed E-state index contributed by atoms with van der Waals surface area (Å²) in [6, 6.07) is 21.9. The lowest BCUT2D eigenvalue weighted by molar-refractivity contribution is -0.140. The SMILES string of the molecule is CCNC(=O)[C@H](Cc1ccccc1)N(Cc1cccc(Cl)c1)C(=O)CN(c1ccc(OC)cc1)S(C)(=O)=O. The van der Waals surface area contributed by atoms with Crippen LogP contribution in [0, 0.1) is 0 Å². The van der Waals surface area contributed by atoms with E-state index >= 15 is 0 Å². The number of halogens is 1. The molecule has 202 valence electrons. The monoisotopic (exact) mass is 557 g/mol. The third-order valence-electron chi connectivity index (χ3n) is 5.90. The van der Waals surface area contributed by atoms with Crippen LogP contribution in [0.15, 0.2) is 78.9 Å². The zero-order valence-electron chi connectivity index (χ0n) is 21.6. The number of hydrogen-bond donors (Lipinski definition) is 1. The Labute approximate surface area is 229 Å². The molecule has 0 radical (unpaired) electrons. The van der Waals surface area contributed by atoms with Crippen molar-refractivity contribution in [3.63, 3.8) is 0 Å². The van der Waals surface area contributed by atoms with Gasteiger partial charge in [0, 0.05) is 24.5 Å². The fourth-order valence-electron chi connectivity index (χ4n) is 4.04. The maximum absolute atomic E-state index is 13.9. The number of sulfonamides is 1. The Morgan fingerprint density at radius 3 is 2.21 bits per heavy atom. The molecule has 0 aliphatic heterocycles. The summed E-state index contributed by atoms with van der Waals surface area (Å²) in [5.41, 5.74) is 1.88. The Morgan fingerprint density at radius 2 is 1.63 bits per heavy atom. The van der Waals surface area contributed by atoms with Crippen molar-refractivity contribution in [3.8, 4) is 5.75 Å². The van der Waals surface area contributed by atoms with Gasteiger partial charge in [0.2, 0.25) is 21.8 Å². The van der Waals surface area contributed by atoms with Crippen molar-refractivity contribution in [2.24, 2.45) is 0 Å². The first kappa shape index (κ1) is 29.0. The highest BCUT2D eigenvalue weighted by Gasteiger charge is 2.32. The van der Waals surface area contributed by atoms with Gasteiger partial charge >= 0.3 is 0 Å². The van der Waals surface area contributed by atoms with E-state index in [1.54, 1.807) is 55.5 Å². The van der Waals surface area contributed by atoms with E-state index in [1.165, 1.54) is 12.0 Å². The van der Waals surface area contributed by atoms with Crippen LogP contribution in [0.5, 0.6) is 5.75 Å². The van der Waals surface area contributed by atoms with Gasteiger partial charge in [0.1, 0.15) is 18.3 Å². The lowest BCUT2D eigenvalue weighted by Crippen LogP contribution is -2.53. The van der Waals surface area contributed by atoms with Gasteiger partial charge in [0.15, 0.2) is 0 Å². The van der Waals surface area contributed by atoms with Crippen molar-refractivity contribution < 1.29 is 22.7 Å². The van der Waals surface area contributed by atoms with Crippen LogP contribution >= 0.6 is 11.6 Å². The van der Waals surface area contributed by atoms with Gasteiger partial charge in [-0.05, 0) is 54.4 Å². The Morgan fingerprint density at radius 1 is 0.974 bits per heavy atom. The number of nitrogens with zero attached hydrogens (tertiary/aromatic N) is 2. The Kier molecular flexibility index (Phi) is 10.2. The summed E-state index contributed by atoms with van der Waals surface area (Å²) in [6.07, 6.45) is 1.29. The molecule has 0 saturated carbocycles. The average molecular weight is 558 g/mol. The van der Waals surface area contributed by atoms with Crippen molar-refractivity contribution in [1.29, 1.82) is 0 Å². The Balaban J connectivity index is 2.02. The number of nitrogens with one attached hydrogen (secondary N) is 1. The quantitative estimate of drug-likeness (QED) is 0.364. The molecule has 8 nitrogen and oxygen atoms in total. The molecule has 0 unspecified atom stereocenters. The van der Waals surface area contributed by atoms with Crippen molar-refractivity contribution in [2.75, 3.05) is 30.8 Å². The minimum Gasteiger partial charge on any atom is -0.497 e. The second kappa shape index (κ2) is 13.3. The molecule has 1 atom stereocenters. The van der Waals surface area contributed by atoms with Crippen molar-refractivity contribution >= 4 is 39.1 Å². The number of carbonyl (C=O) groups is 2. The molecule has 0 aliphatic carbocycles. The summed E-state index contributed by atoms with van der Waals surface area (Å²) < 4.78 is 31.7. The average Bonchev–Trinajstić information content (AvgIpc) is 2.89. The molecule has 2 amide bonds. The maximum Gasteiger partial charge on any atom is 0.244 e. The summed E-state index contributed by atoms with van der Waals surface area (Å²) in [6.45, 7) is 1.75. The Bertz CT molecular complexity index is 1330. The summed E-state index contributed by atoms with van der Waals surface area (Å²) in [7, 11) is -2.33. The molecule has 3 aromatic rings. The molecule has 1 N–H and O–H groups in total. The molecular formula is C28H32ClN3O5S. The minimum absolute atomic E-state index is 0.0637. The molecule has 0 heterocycles. The van der Waals surface area contributed by atoms with Gasteiger partial charge < -0.3 is 15.0 Å². The number of ether oxygens (including phenoxy) is 1. The largest absolute Gasteiger partial charge is 0.497 e. The van der Waals surface area contributed by atoms with Crippen LogP contribution in [0.25, 0.3) is 0 Å². The van der Waals surface area contributed by atoms with E-state index in [-0.39, 0.29) is 18.9 Å². The minimum atomic E-state index is -3.84. The molecule has 0 spiro atoms. The molecule has 0 aliphatic rings. The van der Waals surface area contributed by atoms with Crippen LogP contribution in [0.2, 0.25) is 5.02 Å². The molecular weight excluding hydrogens is 526 g/mol. The number of hydrogen-bond acceptors (Lipinski definition) is 5. The van der Waals surface area contributed by atoms with Gasteiger partial charge in [0.25, 0.3) is 0 Å². The topological polar surface area (TPSA) is 96.0 Å². The molecule has 38 heavy (non-hydrogen) atoms. The number of methoxy groups -OCH3 is 1. The summed E-state index contributed by atoms with van der Waals surface area (Å²) >= 11 is 6.20. The predicted octanol–water partition coefficient (Wildman–Crippen LogP) is 3.89. The second-order valence-corrected chi connectivity index (χ2v) is 11.1. The van der Waals surface area contributed by atoms with Crippen LogP contribution in [-0.2, 0) is 32.6 Å². The first-order chi connectivity index (χ1) is 18.1. The predicted molar refractivity (Wildman–Crippen MR) is 150 cm³/mol. The van der Waals surface area contributed by atoms with Gasteiger partial charge in [-0.25, -0.2) is 8.42 Å². The summed E-state index contributed by atoms with van der Waals surface area (Å²) in [5, 5.41) is 3.31. The van der Waals surface area contributed by atoms with Gasteiger partial charge in [-0.1, -0.05) is 54.1 Å². The first-order valence-electron chi connectivity index (χ1n) is 12.1. The lowest BCUT2D eigenvalue weighted by atomic mass is 10.0. The van der Waals surface area contributed by atoms with Gasteiger partial charge in [0.05, 0.1) is 19.1 Å². The third kappa shape index (κ3) is 7.97. The van der Waals surface area contributed by atoms with Crippen LogP contribution in [0.3, 0.4) is 0 Å². The fraction of sp³-hybridized carbons (Fsp3) is 0.286.